The van der Waals surface area contributed by atoms with Crippen LogP contribution in [-0.4, -0.2) is 62.2 Å². The van der Waals surface area contributed by atoms with Crippen LogP contribution in [0.2, 0.25) is 0 Å². The fourth-order valence-corrected chi connectivity index (χ4v) is 2.98. The Morgan fingerprint density at radius 1 is 1.22 bits per heavy atom. The predicted octanol–water partition coefficient (Wildman–Crippen LogP) is 2.04. The molecule has 1 N–H and O–H groups in total. The Morgan fingerprint density at radius 2 is 1.83 bits per heavy atom. The molecular weight excluding hydrogens is 222 g/mol. The van der Waals surface area contributed by atoms with Crippen molar-refractivity contribution in [2.45, 2.75) is 52.1 Å². The molecule has 1 aliphatic heterocycles. The van der Waals surface area contributed by atoms with Crippen LogP contribution in [0.25, 0.3) is 0 Å². The first-order chi connectivity index (χ1) is 8.54. The van der Waals surface area contributed by atoms with Gasteiger partial charge in [-0.15, -0.1) is 0 Å². The molecule has 1 unspecified atom stereocenters. The topological polar surface area (TPSA) is 18.5 Å². The summed E-state index contributed by atoms with van der Waals surface area (Å²) < 4.78 is 0. The third-order valence-electron chi connectivity index (χ3n) is 4.18. The molecule has 0 bridgehead atoms. The van der Waals surface area contributed by atoms with Gasteiger partial charge in [0, 0.05) is 18.6 Å². The van der Waals surface area contributed by atoms with Crippen molar-refractivity contribution in [2.24, 2.45) is 5.92 Å². The highest BCUT2D eigenvalue weighted by Crippen LogP contribution is 2.12. The van der Waals surface area contributed by atoms with E-state index in [4.69, 9.17) is 0 Å². The van der Waals surface area contributed by atoms with E-state index >= 15 is 0 Å². The second kappa shape index (κ2) is 8.13. The van der Waals surface area contributed by atoms with Gasteiger partial charge >= 0.3 is 0 Å². The van der Waals surface area contributed by atoms with Gasteiger partial charge in [0.2, 0.25) is 0 Å². The molecule has 0 aliphatic carbocycles. The Labute approximate surface area is 114 Å². The van der Waals surface area contributed by atoms with E-state index in [1.54, 1.807) is 0 Å². The lowest BCUT2D eigenvalue weighted by molar-refractivity contribution is 0.177. The van der Waals surface area contributed by atoms with E-state index in [2.05, 4.69) is 50.0 Å². The average Bonchev–Trinajstić information content (AvgIpc) is 2.31. The first kappa shape index (κ1) is 15.9. The average molecular weight is 255 g/mol. The van der Waals surface area contributed by atoms with E-state index in [0.29, 0.717) is 12.0 Å². The fraction of sp³-hybridized carbons (Fsp3) is 1.00. The van der Waals surface area contributed by atoms with Gasteiger partial charge in [0.1, 0.15) is 0 Å². The smallest absolute Gasteiger partial charge is 0.0237 e. The normalized spacial score (nSPS) is 20.8. The number of hydrogen-bond donors (Lipinski definition) is 1. The number of rotatable bonds is 7. The minimum atomic E-state index is 0.652. The van der Waals surface area contributed by atoms with E-state index in [9.17, 15) is 0 Å². The molecule has 0 saturated carbocycles. The molecular formula is C15H33N3. The van der Waals surface area contributed by atoms with Gasteiger partial charge in [0.15, 0.2) is 0 Å². The molecule has 1 saturated heterocycles. The second-order valence-corrected chi connectivity index (χ2v) is 6.30. The lowest BCUT2D eigenvalue weighted by atomic mass is 10.0. The summed E-state index contributed by atoms with van der Waals surface area (Å²) in [6.45, 7) is 11.9. The Balaban J connectivity index is 2.24. The van der Waals surface area contributed by atoms with Crippen LogP contribution < -0.4 is 5.32 Å². The van der Waals surface area contributed by atoms with Crippen molar-refractivity contribution in [1.29, 1.82) is 0 Å². The highest BCUT2D eigenvalue weighted by atomic mass is 15.2. The minimum Gasteiger partial charge on any atom is -0.312 e. The molecule has 18 heavy (non-hydrogen) atoms. The van der Waals surface area contributed by atoms with Crippen molar-refractivity contribution in [1.82, 2.24) is 15.1 Å². The summed E-state index contributed by atoms with van der Waals surface area (Å²) in [6, 6.07) is 1.39. The molecule has 1 rings (SSSR count). The number of piperidine rings is 1. The Kier molecular flexibility index (Phi) is 7.20. The molecule has 1 heterocycles. The number of nitrogens with zero attached hydrogens (tertiary/aromatic N) is 2. The van der Waals surface area contributed by atoms with Gasteiger partial charge in [-0.2, -0.15) is 0 Å². The van der Waals surface area contributed by atoms with Gasteiger partial charge in [-0.3, -0.25) is 0 Å². The van der Waals surface area contributed by atoms with Crippen molar-refractivity contribution in [2.75, 3.05) is 40.3 Å². The van der Waals surface area contributed by atoms with Crippen molar-refractivity contribution in [3.63, 3.8) is 0 Å². The molecule has 1 aliphatic rings. The molecule has 3 nitrogen and oxygen atoms in total. The van der Waals surface area contributed by atoms with Crippen molar-refractivity contribution >= 4 is 0 Å². The Hall–Kier alpha value is -0.120. The summed E-state index contributed by atoms with van der Waals surface area (Å²) >= 11 is 0. The highest BCUT2D eigenvalue weighted by molar-refractivity contribution is 4.80. The monoisotopic (exact) mass is 255 g/mol. The van der Waals surface area contributed by atoms with Crippen molar-refractivity contribution < 1.29 is 0 Å². The SMILES string of the molecule is CCCN1CCC(NCC(C(C)C)N(C)C)CC1. The number of hydrogen-bond acceptors (Lipinski definition) is 3. The quantitative estimate of drug-likeness (QED) is 0.751. The van der Waals surface area contributed by atoms with Crippen LogP contribution in [0.5, 0.6) is 0 Å². The van der Waals surface area contributed by atoms with Crippen LogP contribution in [0.15, 0.2) is 0 Å². The highest BCUT2D eigenvalue weighted by Gasteiger charge is 2.21. The van der Waals surface area contributed by atoms with E-state index in [-0.39, 0.29) is 0 Å². The molecule has 0 aromatic rings. The molecule has 0 amide bonds. The summed E-state index contributed by atoms with van der Waals surface area (Å²) in [5.74, 6) is 0.715. The van der Waals surface area contributed by atoms with Gasteiger partial charge in [-0.25, -0.2) is 0 Å². The maximum Gasteiger partial charge on any atom is 0.0237 e. The Morgan fingerprint density at radius 3 is 2.28 bits per heavy atom. The first-order valence-electron chi connectivity index (χ1n) is 7.66. The summed E-state index contributed by atoms with van der Waals surface area (Å²) in [4.78, 5) is 4.95. The largest absolute Gasteiger partial charge is 0.312 e. The third-order valence-corrected chi connectivity index (χ3v) is 4.18. The van der Waals surface area contributed by atoms with Gasteiger partial charge < -0.3 is 15.1 Å². The second-order valence-electron chi connectivity index (χ2n) is 6.30. The van der Waals surface area contributed by atoms with Gasteiger partial charge in [-0.1, -0.05) is 20.8 Å². The number of likely N-dealkylation sites (N-methyl/N-ethyl adjacent to an activating group) is 1. The maximum absolute atomic E-state index is 3.78. The van der Waals surface area contributed by atoms with E-state index in [1.807, 2.05) is 0 Å². The van der Waals surface area contributed by atoms with Crippen LogP contribution in [0.3, 0.4) is 0 Å². The summed E-state index contributed by atoms with van der Waals surface area (Å²) in [5, 5.41) is 3.78. The summed E-state index contributed by atoms with van der Waals surface area (Å²) in [6.07, 6.45) is 3.92. The predicted molar refractivity (Wildman–Crippen MR) is 80.1 cm³/mol. The maximum atomic E-state index is 3.78. The molecule has 0 aromatic heterocycles. The Bertz CT molecular complexity index is 200. The van der Waals surface area contributed by atoms with E-state index in [0.717, 1.165) is 12.6 Å². The van der Waals surface area contributed by atoms with Crippen LogP contribution in [0.1, 0.15) is 40.0 Å². The van der Waals surface area contributed by atoms with Crippen molar-refractivity contribution in [3.05, 3.63) is 0 Å². The van der Waals surface area contributed by atoms with Crippen molar-refractivity contribution in [3.8, 4) is 0 Å². The number of nitrogens with one attached hydrogen (secondary N) is 1. The van der Waals surface area contributed by atoms with Crippen LogP contribution >= 0.6 is 0 Å². The first-order valence-corrected chi connectivity index (χ1v) is 7.66. The lowest BCUT2D eigenvalue weighted by Crippen LogP contribution is -2.48. The lowest BCUT2D eigenvalue weighted by Gasteiger charge is -2.35. The van der Waals surface area contributed by atoms with Crippen LogP contribution in [0, 0.1) is 5.92 Å². The van der Waals surface area contributed by atoms with Crippen LogP contribution in [0.4, 0.5) is 0 Å². The minimum absolute atomic E-state index is 0.652. The molecule has 1 fully saturated rings. The molecule has 0 aromatic carbocycles. The van der Waals surface area contributed by atoms with Gasteiger partial charge in [0.25, 0.3) is 0 Å². The zero-order valence-corrected chi connectivity index (χ0v) is 13.1. The third kappa shape index (κ3) is 5.25. The zero-order chi connectivity index (χ0) is 13.5. The molecule has 0 spiro atoms. The van der Waals surface area contributed by atoms with Crippen LogP contribution in [-0.2, 0) is 0 Å². The van der Waals surface area contributed by atoms with Gasteiger partial charge in [-0.05, 0) is 58.9 Å². The number of likely N-dealkylation sites (tertiary alicyclic amines) is 1. The fourth-order valence-electron chi connectivity index (χ4n) is 2.98. The van der Waals surface area contributed by atoms with Gasteiger partial charge in [0.05, 0.1) is 0 Å². The summed E-state index contributed by atoms with van der Waals surface area (Å²) in [5.41, 5.74) is 0. The standard InChI is InChI=1S/C15H33N3/c1-6-9-18-10-7-14(8-11-18)16-12-15(13(2)3)17(4)5/h13-16H,6-12H2,1-5H3. The molecule has 108 valence electrons. The molecule has 3 heteroatoms. The van der Waals surface area contributed by atoms with E-state index in [1.165, 1.54) is 38.9 Å². The van der Waals surface area contributed by atoms with E-state index < -0.39 is 0 Å². The molecule has 1 atom stereocenters. The zero-order valence-electron chi connectivity index (χ0n) is 13.1. The molecule has 0 radical (unpaired) electrons. The summed E-state index contributed by atoms with van der Waals surface area (Å²) in [7, 11) is 4.38.